The third kappa shape index (κ3) is 37.1. The predicted octanol–water partition coefficient (Wildman–Crippen LogP) is 9.55. The highest BCUT2D eigenvalue weighted by molar-refractivity contribution is 5.87. The molecular weight excluding hydrogens is 682 g/mol. The smallest absolute Gasteiger partial charge is 0.244 e. The molecule has 0 radical (unpaired) electrons. The normalized spacial score (nSPS) is 12.1. The zero-order chi connectivity index (χ0) is 36.3. The van der Waals surface area contributed by atoms with Gasteiger partial charge < -0.3 is 31.7 Å². The molecule has 50 heavy (non-hydrogen) atoms. The Morgan fingerprint density at radius 2 is 0.780 bits per heavy atom. The van der Waals surface area contributed by atoms with Crippen molar-refractivity contribution < 1.29 is 31.1 Å². The lowest BCUT2D eigenvalue weighted by Gasteiger charge is -2.26. The summed E-state index contributed by atoms with van der Waals surface area (Å²) in [6, 6.07) is -0.433. The molecule has 0 rings (SSSR count). The fraction of sp³-hybridized carbons (Fsp3) is 0.955. The summed E-state index contributed by atoms with van der Waals surface area (Å²) in [6.45, 7) is 9.26. The Morgan fingerprint density at radius 1 is 0.480 bits per heavy atom. The van der Waals surface area contributed by atoms with Gasteiger partial charge in [-0.05, 0) is 39.0 Å². The standard InChI is InChI=1S/C44H89N3O2.BrH/c1-7-9-11-13-15-17-19-21-23-25-27-29-31-35-39-46(40-36-32-30-28-26-24-22-20-18-16-14-12-10-8-2)44(49)42(3)45-43(48)38-34-33-37-41-47(4,5)6;/h42H,7-41H2,1-6H3;1H. The van der Waals surface area contributed by atoms with Crippen molar-refractivity contribution in [2.45, 2.75) is 232 Å². The van der Waals surface area contributed by atoms with Crippen molar-refractivity contribution >= 4 is 11.8 Å². The van der Waals surface area contributed by atoms with Crippen LogP contribution in [0.4, 0.5) is 0 Å². The molecule has 5 nitrogen and oxygen atoms in total. The summed E-state index contributed by atoms with van der Waals surface area (Å²) in [5.41, 5.74) is 0. The van der Waals surface area contributed by atoms with E-state index in [1.54, 1.807) is 0 Å². The van der Waals surface area contributed by atoms with E-state index in [0.29, 0.717) is 6.42 Å². The number of quaternary nitrogens is 1. The number of unbranched alkanes of at least 4 members (excludes halogenated alkanes) is 28. The van der Waals surface area contributed by atoms with Gasteiger partial charge in [0.25, 0.3) is 0 Å². The molecule has 0 aliphatic carbocycles. The number of carbonyl (C=O) groups is 2. The molecule has 0 aliphatic heterocycles. The molecule has 1 atom stereocenters. The Bertz CT molecular complexity index is 695. The largest absolute Gasteiger partial charge is 1.00 e. The number of hydrogen-bond donors (Lipinski definition) is 1. The van der Waals surface area contributed by atoms with Crippen LogP contribution in [0.25, 0.3) is 0 Å². The maximum atomic E-state index is 13.5. The average Bonchev–Trinajstić information content (AvgIpc) is 3.06. The Hall–Kier alpha value is -0.620. The topological polar surface area (TPSA) is 49.4 Å². The summed E-state index contributed by atoms with van der Waals surface area (Å²) in [6.07, 6.45) is 41.3. The van der Waals surface area contributed by atoms with Crippen LogP contribution < -0.4 is 22.3 Å². The summed E-state index contributed by atoms with van der Waals surface area (Å²) in [4.78, 5) is 28.2. The molecule has 0 spiro atoms. The van der Waals surface area contributed by atoms with Gasteiger partial charge in [-0.25, -0.2) is 0 Å². The first kappa shape index (κ1) is 51.5. The number of rotatable bonds is 38. The third-order valence-corrected chi connectivity index (χ3v) is 10.4. The number of halogens is 1. The lowest BCUT2D eigenvalue weighted by molar-refractivity contribution is -0.870. The Morgan fingerprint density at radius 3 is 1.10 bits per heavy atom. The second-order valence-electron chi connectivity index (χ2n) is 16.6. The van der Waals surface area contributed by atoms with Gasteiger partial charge in [-0.1, -0.05) is 181 Å². The molecule has 0 aromatic rings. The molecule has 0 aromatic carbocycles. The van der Waals surface area contributed by atoms with E-state index >= 15 is 0 Å². The Kier molecular flexibility index (Phi) is 39.2. The van der Waals surface area contributed by atoms with E-state index in [1.165, 1.54) is 167 Å². The molecule has 1 unspecified atom stereocenters. The molecular formula is C44H90BrN3O2. The highest BCUT2D eigenvalue weighted by atomic mass is 79.9. The molecule has 2 amide bonds. The minimum Gasteiger partial charge on any atom is -1.00 e. The van der Waals surface area contributed by atoms with Crippen LogP contribution in [0.15, 0.2) is 0 Å². The highest BCUT2D eigenvalue weighted by Gasteiger charge is 2.21. The second-order valence-corrected chi connectivity index (χ2v) is 16.6. The van der Waals surface area contributed by atoms with Crippen LogP contribution in [0.3, 0.4) is 0 Å². The Balaban J connectivity index is 0. The van der Waals surface area contributed by atoms with Gasteiger partial charge >= 0.3 is 0 Å². The quantitative estimate of drug-likeness (QED) is 0.0503. The van der Waals surface area contributed by atoms with Gasteiger partial charge in [0.2, 0.25) is 11.8 Å². The predicted molar refractivity (Wildman–Crippen MR) is 216 cm³/mol. The van der Waals surface area contributed by atoms with E-state index < -0.39 is 6.04 Å². The van der Waals surface area contributed by atoms with Crippen LogP contribution in [0.1, 0.15) is 226 Å². The molecule has 0 saturated carbocycles. The highest BCUT2D eigenvalue weighted by Crippen LogP contribution is 2.15. The van der Waals surface area contributed by atoms with Gasteiger partial charge in [0, 0.05) is 19.5 Å². The number of nitrogens with one attached hydrogen (secondary N) is 1. The van der Waals surface area contributed by atoms with Crippen molar-refractivity contribution in [3.63, 3.8) is 0 Å². The van der Waals surface area contributed by atoms with Gasteiger partial charge in [-0.3, -0.25) is 9.59 Å². The summed E-state index contributed by atoms with van der Waals surface area (Å²) >= 11 is 0. The average molecular weight is 773 g/mol. The molecule has 0 heterocycles. The SMILES string of the molecule is CCCCCCCCCCCCCCCCN(CCCCCCCCCCCCCCCC)C(=O)C(C)NC(=O)CCCCC[N+](C)(C)C.[Br-]. The van der Waals surface area contributed by atoms with Crippen molar-refractivity contribution in [1.82, 2.24) is 10.2 Å². The molecule has 0 bridgehead atoms. The lowest BCUT2D eigenvalue weighted by atomic mass is 10.0. The Labute approximate surface area is 325 Å². The summed E-state index contributed by atoms with van der Waals surface area (Å²) < 4.78 is 0.964. The zero-order valence-electron chi connectivity index (χ0n) is 34.9. The van der Waals surface area contributed by atoms with E-state index in [-0.39, 0.29) is 28.8 Å². The summed E-state index contributed by atoms with van der Waals surface area (Å²) in [5, 5.41) is 3.04. The molecule has 300 valence electrons. The van der Waals surface area contributed by atoms with Crippen LogP contribution in [-0.2, 0) is 9.59 Å². The van der Waals surface area contributed by atoms with Gasteiger partial charge in [-0.15, -0.1) is 0 Å². The second kappa shape index (κ2) is 38.1. The van der Waals surface area contributed by atoms with Crippen molar-refractivity contribution in [3.8, 4) is 0 Å². The van der Waals surface area contributed by atoms with E-state index in [4.69, 9.17) is 0 Å². The first-order chi connectivity index (χ1) is 23.7. The third-order valence-electron chi connectivity index (χ3n) is 10.4. The maximum Gasteiger partial charge on any atom is 0.244 e. The molecule has 0 saturated heterocycles. The van der Waals surface area contributed by atoms with Crippen molar-refractivity contribution in [2.24, 2.45) is 0 Å². The van der Waals surface area contributed by atoms with Gasteiger partial charge in [0.05, 0.1) is 27.7 Å². The first-order valence-electron chi connectivity index (χ1n) is 22.1. The molecule has 0 fully saturated rings. The zero-order valence-corrected chi connectivity index (χ0v) is 36.5. The van der Waals surface area contributed by atoms with E-state index in [0.717, 1.165) is 56.2 Å². The molecule has 0 aliphatic rings. The van der Waals surface area contributed by atoms with Crippen molar-refractivity contribution in [1.29, 1.82) is 0 Å². The van der Waals surface area contributed by atoms with Crippen LogP contribution in [0.2, 0.25) is 0 Å². The van der Waals surface area contributed by atoms with E-state index in [1.807, 2.05) is 6.92 Å². The van der Waals surface area contributed by atoms with Crippen LogP contribution in [0, 0.1) is 0 Å². The van der Waals surface area contributed by atoms with Crippen molar-refractivity contribution in [3.05, 3.63) is 0 Å². The summed E-state index contributed by atoms with van der Waals surface area (Å²) in [5.74, 6) is 0.141. The fourth-order valence-electron chi connectivity index (χ4n) is 7.02. The van der Waals surface area contributed by atoms with Gasteiger partial charge in [-0.2, -0.15) is 0 Å². The van der Waals surface area contributed by atoms with E-state index in [9.17, 15) is 9.59 Å². The van der Waals surface area contributed by atoms with Crippen LogP contribution in [-0.4, -0.2) is 68.0 Å². The lowest BCUT2D eigenvalue weighted by Crippen LogP contribution is -3.00. The number of nitrogens with zero attached hydrogens (tertiary/aromatic N) is 2. The molecule has 6 heteroatoms. The van der Waals surface area contributed by atoms with Crippen LogP contribution in [0.5, 0.6) is 0 Å². The number of carbonyl (C=O) groups excluding carboxylic acids is 2. The monoisotopic (exact) mass is 772 g/mol. The fourth-order valence-corrected chi connectivity index (χ4v) is 7.02. The van der Waals surface area contributed by atoms with Gasteiger partial charge in [0.1, 0.15) is 6.04 Å². The first-order valence-corrected chi connectivity index (χ1v) is 22.1. The molecule has 1 N–H and O–H groups in total. The van der Waals surface area contributed by atoms with Gasteiger partial charge in [0.15, 0.2) is 0 Å². The minimum atomic E-state index is -0.433. The maximum absolute atomic E-state index is 13.5. The minimum absolute atomic E-state index is 0. The van der Waals surface area contributed by atoms with Crippen LogP contribution >= 0.6 is 0 Å². The number of amides is 2. The van der Waals surface area contributed by atoms with E-state index in [2.05, 4.69) is 45.2 Å². The molecule has 0 aromatic heterocycles. The van der Waals surface area contributed by atoms with Crippen molar-refractivity contribution in [2.75, 3.05) is 40.8 Å². The number of hydrogen-bond acceptors (Lipinski definition) is 2. The summed E-state index contributed by atoms with van der Waals surface area (Å²) in [7, 11) is 6.63.